The molecule has 0 amide bonds. The SMILES string of the molecule is Cc1cc(C)c(C)c(S(=O)(=O)NCCC(C)N)c1C.Cl. The number of hydrogen-bond acceptors (Lipinski definition) is 3. The van der Waals surface area contributed by atoms with Gasteiger partial charge in [-0.15, -0.1) is 12.4 Å². The topological polar surface area (TPSA) is 72.2 Å². The van der Waals surface area contributed by atoms with Gasteiger partial charge in [-0.3, -0.25) is 0 Å². The largest absolute Gasteiger partial charge is 0.328 e. The molecule has 0 bridgehead atoms. The summed E-state index contributed by atoms with van der Waals surface area (Å²) in [4.78, 5) is 0.412. The molecule has 0 aliphatic carbocycles. The van der Waals surface area contributed by atoms with E-state index in [9.17, 15) is 8.42 Å². The van der Waals surface area contributed by atoms with Crippen LogP contribution in [0.25, 0.3) is 0 Å². The minimum atomic E-state index is -3.47. The summed E-state index contributed by atoms with van der Waals surface area (Å²) in [5.74, 6) is 0. The third-order valence-electron chi connectivity index (χ3n) is 3.46. The van der Waals surface area contributed by atoms with Crippen LogP contribution >= 0.6 is 12.4 Å². The quantitative estimate of drug-likeness (QED) is 0.874. The molecule has 0 saturated carbocycles. The van der Waals surface area contributed by atoms with Crippen LogP contribution in [0.15, 0.2) is 11.0 Å². The van der Waals surface area contributed by atoms with Gasteiger partial charge < -0.3 is 5.73 Å². The Morgan fingerprint density at radius 1 is 1.15 bits per heavy atom. The molecule has 1 atom stereocenters. The Balaban J connectivity index is 0.00000361. The maximum Gasteiger partial charge on any atom is 0.241 e. The van der Waals surface area contributed by atoms with Crippen molar-refractivity contribution in [2.24, 2.45) is 5.73 Å². The van der Waals surface area contributed by atoms with Gasteiger partial charge in [-0.2, -0.15) is 0 Å². The van der Waals surface area contributed by atoms with E-state index in [1.165, 1.54) is 0 Å². The molecular weight excluding hydrogens is 296 g/mol. The number of nitrogens with two attached hydrogens (primary N) is 1. The van der Waals surface area contributed by atoms with Crippen molar-refractivity contribution in [2.75, 3.05) is 6.54 Å². The number of hydrogen-bond donors (Lipinski definition) is 2. The summed E-state index contributed by atoms with van der Waals surface area (Å²) in [5, 5.41) is 0. The first-order valence-electron chi connectivity index (χ1n) is 6.49. The molecule has 1 aromatic rings. The van der Waals surface area contributed by atoms with Crippen LogP contribution in [0.5, 0.6) is 0 Å². The summed E-state index contributed by atoms with van der Waals surface area (Å²) in [6, 6.07) is 2.01. The second kappa shape index (κ2) is 7.41. The lowest BCUT2D eigenvalue weighted by Gasteiger charge is -2.16. The molecule has 0 spiro atoms. The summed E-state index contributed by atoms with van der Waals surface area (Å²) in [6.07, 6.45) is 0.627. The number of aryl methyl sites for hydroxylation is 2. The average Bonchev–Trinajstić information content (AvgIpc) is 2.25. The van der Waals surface area contributed by atoms with E-state index in [0.29, 0.717) is 17.9 Å². The molecular formula is C14H25ClN2O2S. The molecule has 1 aromatic carbocycles. The van der Waals surface area contributed by atoms with Crippen LogP contribution in [0.1, 0.15) is 35.6 Å². The first-order valence-corrected chi connectivity index (χ1v) is 7.97. The van der Waals surface area contributed by atoms with E-state index in [0.717, 1.165) is 22.3 Å². The minimum absolute atomic E-state index is 0. The zero-order valence-corrected chi connectivity index (χ0v) is 14.4. The van der Waals surface area contributed by atoms with Crippen molar-refractivity contribution in [1.82, 2.24) is 4.72 Å². The van der Waals surface area contributed by atoms with Gasteiger partial charge in [-0.1, -0.05) is 6.07 Å². The van der Waals surface area contributed by atoms with Crippen LogP contribution in [-0.4, -0.2) is 21.0 Å². The molecule has 0 saturated heterocycles. The van der Waals surface area contributed by atoms with Gasteiger partial charge in [0.15, 0.2) is 0 Å². The summed E-state index contributed by atoms with van der Waals surface area (Å²) < 4.78 is 27.5. The monoisotopic (exact) mass is 320 g/mol. The molecule has 0 heterocycles. The molecule has 1 unspecified atom stereocenters. The van der Waals surface area contributed by atoms with Crippen LogP contribution in [0.4, 0.5) is 0 Å². The van der Waals surface area contributed by atoms with Gasteiger partial charge in [-0.05, 0) is 63.3 Å². The van der Waals surface area contributed by atoms with Gasteiger partial charge in [0.25, 0.3) is 0 Å². The van der Waals surface area contributed by atoms with Crippen LogP contribution in [0.2, 0.25) is 0 Å². The molecule has 0 aliphatic heterocycles. The number of nitrogens with one attached hydrogen (secondary N) is 1. The van der Waals surface area contributed by atoms with Crippen molar-refractivity contribution in [1.29, 1.82) is 0 Å². The highest BCUT2D eigenvalue weighted by Gasteiger charge is 2.21. The van der Waals surface area contributed by atoms with E-state index in [-0.39, 0.29) is 18.4 Å². The predicted molar refractivity (Wildman–Crippen MR) is 86.1 cm³/mol. The molecule has 4 nitrogen and oxygen atoms in total. The Morgan fingerprint density at radius 3 is 2.00 bits per heavy atom. The van der Waals surface area contributed by atoms with E-state index in [2.05, 4.69) is 4.72 Å². The lowest BCUT2D eigenvalue weighted by atomic mass is 10.0. The highest BCUT2D eigenvalue weighted by atomic mass is 35.5. The molecule has 0 radical (unpaired) electrons. The standard InChI is InChI=1S/C14H24N2O2S.ClH/c1-9-8-10(2)13(5)14(12(9)4)19(17,18)16-7-6-11(3)15;/h8,11,16H,6-7,15H2,1-5H3;1H. The van der Waals surface area contributed by atoms with Crippen LogP contribution in [-0.2, 0) is 10.0 Å². The van der Waals surface area contributed by atoms with Crippen molar-refractivity contribution in [3.05, 3.63) is 28.3 Å². The van der Waals surface area contributed by atoms with Gasteiger partial charge in [0.1, 0.15) is 0 Å². The molecule has 0 aliphatic rings. The second-order valence-corrected chi connectivity index (χ2v) is 6.96. The first kappa shape index (κ1) is 19.4. The highest BCUT2D eigenvalue weighted by molar-refractivity contribution is 7.89. The molecule has 3 N–H and O–H groups in total. The van der Waals surface area contributed by atoms with E-state index < -0.39 is 10.0 Å². The molecule has 0 fully saturated rings. The third kappa shape index (κ3) is 4.45. The lowest BCUT2D eigenvalue weighted by Crippen LogP contribution is -2.30. The summed E-state index contributed by atoms with van der Waals surface area (Å²) in [5.41, 5.74) is 9.26. The molecule has 20 heavy (non-hydrogen) atoms. The Morgan fingerprint density at radius 2 is 1.60 bits per heavy atom. The molecule has 1 rings (SSSR count). The van der Waals surface area contributed by atoms with Crippen molar-refractivity contribution in [3.63, 3.8) is 0 Å². The number of rotatable bonds is 5. The number of sulfonamides is 1. The van der Waals surface area contributed by atoms with E-state index >= 15 is 0 Å². The molecule has 0 aromatic heterocycles. The fourth-order valence-corrected chi connectivity index (χ4v) is 3.74. The zero-order valence-electron chi connectivity index (χ0n) is 12.8. The van der Waals surface area contributed by atoms with Gasteiger partial charge in [0, 0.05) is 12.6 Å². The smallest absolute Gasteiger partial charge is 0.241 e. The van der Waals surface area contributed by atoms with Crippen molar-refractivity contribution >= 4 is 22.4 Å². The third-order valence-corrected chi connectivity index (χ3v) is 5.19. The summed E-state index contributed by atoms with van der Waals surface area (Å²) in [6.45, 7) is 9.79. The maximum atomic E-state index is 12.4. The van der Waals surface area contributed by atoms with E-state index in [1.54, 1.807) is 0 Å². The normalized spacial score (nSPS) is 12.9. The minimum Gasteiger partial charge on any atom is -0.328 e. The van der Waals surface area contributed by atoms with Gasteiger partial charge in [0.05, 0.1) is 4.90 Å². The lowest BCUT2D eigenvalue weighted by molar-refractivity contribution is 0.570. The van der Waals surface area contributed by atoms with Crippen molar-refractivity contribution in [2.45, 2.75) is 52.0 Å². The fraction of sp³-hybridized carbons (Fsp3) is 0.571. The van der Waals surface area contributed by atoms with Crippen LogP contribution in [0.3, 0.4) is 0 Å². The number of halogens is 1. The molecule has 6 heteroatoms. The Hall–Kier alpha value is -0.620. The van der Waals surface area contributed by atoms with Gasteiger partial charge in [0.2, 0.25) is 10.0 Å². The second-order valence-electron chi connectivity index (χ2n) is 5.25. The van der Waals surface area contributed by atoms with Gasteiger partial charge in [-0.25, -0.2) is 13.1 Å². The zero-order chi connectivity index (χ0) is 14.8. The Kier molecular flexibility index (Phi) is 7.18. The van der Waals surface area contributed by atoms with Gasteiger partial charge >= 0.3 is 0 Å². The van der Waals surface area contributed by atoms with Crippen molar-refractivity contribution in [3.8, 4) is 0 Å². The molecule has 116 valence electrons. The van der Waals surface area contributed by atoms with Crippen molar-refractivity contribution < 1.29 is 8.42 Å². The average molecular weight is 321 g/mol. The van der Waals surface area contributed by atoms with E-state index in [4.69, 9.17) is 5.73 Å². The number of benzene rings is 1. The predicted octanol–water partition coefficient (Wildman–Crippen LogP) is 2.36. The highest BCUT2D eigenvalue weighted by Crippen LogP contribution is 2.25. The van der Waals surface area contributed by atoms with Crippen LogP contribution in [0, 0.1) is 27.7 Å². The fourth-order valence-electron chi connectivity index (χ4n) is 2.08. The van der Waals surface area contributed by atoms with Crippen LogP contribution < -0.4 is 10.5 Å². The summed E-state index contributed by atoms with van der Waals surface area (Å²) >= 11 is 0. The first-order chi connectivity index (χ1) is 8.66. The van der Waals surface area contributed by atoms with E-state index in [1.807, 2.05) is 40.7 Å². The Bertz CT molecular complexity index is 543. The summed E-state index contributed by atoms with van der Waals surface area (Å²) in [7, 11) is -3.47. The Labute approximate surface area is 128 Å². The maximum absolute atomic E-state index is 12.4.